The fourth-order valence-electron chi connectivity index (χ4n) is 2.12. The number of hydrogen-bond donors (Lipinski definition) is 2. The Bertz CT molecular complexity index is 918. The third-order valence-electron chi connectivity index (χ3n) is 3.21. The Morgan fingerprint density at radius 1 is 1.25 bits per heavy atom. The third kappa shape index (κ3) is 3.26. The summed E-state index contributed by atoms with van der Waals surface area (Å²) in [6, 6.07) is 7.58. The molecule has 6 nitrogen and oxygen atoms in total. The molecule has 3 rings (SSSR count). The van der Waals surface area contributed by atoms with Crippen LogP contribution in [-0.4, -0.2) is 27.5 Å². The molecular weight excluding hydrogens is 333 g/mol. The van der Waals surface area contributed by atoms with E-state index in [4.69, 9.17) is 11.6 Å². The maximum Gasteiger partial charge on any atom is 0.320 e. The van der Waals surface area contributed by atoms with E-state index in [0.717, 1.165) is 0 Å². The van der Waals surface area contributed by atoms with Crippen molar-refractivity contribution in [2.75, 3.05) is 11.9 Å². The Balaban J connectivity index is 2.00. The van der Waals surface area contributed by atoms with Crippen molar-refractivity contribution in [3.63, 3.8) is 0 Å². The summed E-state index contributed by atoms with van der Waals surface area (Å²) in [5.74, 6) is -0.240. The van der Waals surface area contributed by atoms with E-state index in [-0.39, 0.29) is 16.6 Å². The molecule has 0 saturated carbocycles. The number of halogens is 2. The van der Waals surface area contributed by atoms with Crippen LogP contribution < -0.4 is 10.6 Å². The van der Waals surface area contributed by atoms with E-state index < -0.39 is 5.82 Å². The molecule has 24 heavy (non-hydrogen) atoms. The third-order valence-corrected chi connectivity index (χ3v) is 3.51. The Kier molecular flexibility index (Phi) is 4.52. The first-order valence-electron chi connectivity index (χ1n) is 7.21. The normalized spacial score (nSPS) is 10.6. The zero-order chi connectivity index (χ0) is 17.1. The van der Waals surface area contributed by atoms with Crippen molar-refractivity contribution in [1.29, 1.82) is 0 Å². The van der Waals surface area contributed by atoms with Gasteiger partial charge in [0.15, 0.2) is 11.5 Å². The molecule has 0 unspecified atom stereocenters. The highest BCUT2D eigenvalue weighted by molar-refractivity contribution is 6.31. The van der Waals surface area contributed by atoms with E-state index in [2.05, 4.69) is 25.6 Å². The van der Waals surface area contributed by atoms with Crippen LogP contribution in [0.25, 0.3) is 22.4 Å². The molecule has 0 aliphatic heterocycles. The largest absolute Gasteiger partial charge is 0.338 e. The summed E-state index contributed by atoms with van der Waals surface area (Å²) < 4.78 is 14.1. The van der Waals surface area contributed by atoms with E-state index in [9.17, 15) is 9.18 Å². The topological polar surface area (TPSA) is 79.8 Å². The molecular formula is C16H13ClFN5O. The fraction of sp³-hybridized carbons (Fsp3) is 0.125. The van der Waals surface area contributed by atoms with E-state index in [1.54, 1.807) is 24.3 Å². The maximum absolute atomic E-state index is 14.1. The second-order valence-corrected chi connectivity index (χ2v) is 5.29. The lowest BCUT2D eigenvalue weighted by atomic mass is 10.1. The van der Waals surface area contributed by atoms with Crippen LogP contribution in [0, 0.1) is 5.82 Å². The summed E-state index contributed by atoms with van der Waals surface area (Å²) >= 11 is 5.80. The summed E-state index contributed by atoms with van der Waals surface area (Å²) in [4.78, 5) is 24.3. The van der Waals surface area contributed by atoms with Crippen LogP contribution in [0.1, 0.15) is 6.92 Å². The molecule has 2 heterocycles. The molecule has 0 aliphatic rings. The van der Waals surface area contributed by atoms with Gasteiger partial charge in [0.05, 0.1) is 16.9 Å². The number of nitrogens with zero attached hydrogens (tertiary/aromatic N) is 3. The molecule has 0 fully saturated rings. The van der Waals surface area contributed by atoms with Gasteiger partial charge in [-0.15, -0.1) is 0 Å². The zero-order valence-corrected chi connectivity index (χ0v) is 13.4. The summed E-state index contributed by atoms with van der Waals surface area (Å²) in [5, 5.41) is 5.20. The Morgan fingerprint density at radius 3 is 2.88 bits per heavy atom. The smallest absolute Gasteiger partial charge is 0.320 e. The monoisotopic (exact) mass is 345 g/mol. The van der Waals surface area contributed by atoms with Gasteiger partial charge < -0.3 is 5.32 Å². The second kappa shape index (κ2) is 6.76. The average Bonchev–Trinajstić information content (AvgIpc) is 2.57. The lowest BCUT2D eigenvalue weighted by Gasteiger charge is -2.07. The van der Waals surface area contributed by atoms with E-state index in [0.29, 0.717) is 29.2 Å². The first kappa shape index (κ1) is 16.1. The second-order valence-electron chi connectivity index (χ2n) is 4.88. The number of pyridine rings is 1. The van der Waals surface area contributed by atoms with Crippen LogP contribution in [0.4, 0.5) is 15.0 Å². The number of rotatable bonds is 3. The Hall–Kier alpha value is -2.80. The van der Waals surface area contributed by atoms with Gasteiger partial charge in [-0.1, -0.05) is 17.7 Å². The minimum Gasteiger partial charge on any atom is -0.338 e. The zero-order valence-electron chi connectivity index (χ0n) is 12.7. The van der Waals surface area contributed by atoms with Gasteiger partial charge in [0.2, 0.25) is 0 Å². The van der Waals surface area contributed by atoms with Crippen LogP contribution in [0.5, 0.6) is 0 Å². The maximum atomic E-state index is 14.1. The van der Waals surface area contributed by atoms with Gasteiger partial charge in [0.25, 0.3) is 0 Å². The molecule has 0 saturated heterocycles. The van der Waals surface area contributed by atoms with Gasteiger partial charge >= 0.3 is 6.03 Å². The van der Waals surface area contributed by atoms with Gasteiger partial charge in [0, 0.05) is 12.1 Å². The quantitative estimate of drug-likeness (QED) is 0.759. The average molecular weight is 346 g/mol. The van der Waals surface area contributed by atoms with Gasteiger partial charge in [-0.2, -0.15) is 0 Å². The summed E-state index contributed by atoms with van der Waals surface area (Å²) in [5.41, 5.74) is 1.37. The highest BCUT2D eigenvalue weighted by Crippen LogP contribution is 2.26. The van der Waals surface area contributed by atoms with E-state index >= 15 is 0 Å². The van der Waals surface area contributed by atoms with Crippen LogP contribution >= 0.6 is 11.6 Å². The standard InChI is InChI=1S/C16H13ClFN5O/c1-2-19-16(24)23-13-7-6-11-15(22-13)21-12(8-20-11)9-4-3-5-10(17)14(9)18/h3-8H,2H2,1H3,(H2,19,21,22,23,24). The molecule has 0 aliphatic carbocycles. The molecule has 0 atom stereocenters. The van der Waals surface area contributed by atoms with Crippen LogP contribution in [0.3, 0.4) is 0 Å². The number of carbonyl (C=O) groups is 1. The number of amides is 2. The predicted octanol–water partition coefficient (Wildman–Crippen LogP) is 3.63. The van der Waals surface area contributed by atoms with Crippen molar-refractivity contribution in [2.24, 2.45) is 0 Å². The van der Waals surface area contributed by atoms with E-state index in [1.807, 2.05) is 6.92 Å². The number of carbonyl (C=O) groups excluding carboxylic acids is 1. The first-order chi connectivity index (χ1) is 11.6. The lowest BCUT2D eigenvalue weighted by molar-refractivity contribution is 0.252. The van der Waals surface area contributed by atoms with Crippen LogP contribution in [-0.2, 0) is 0 Å². The molecule has 2 amide bonds. The molecule has 2 N–H and O–H groups in total. The van der Waals surface area contributed by atoms with Crippen molar-refractivity contribution < 1.29 is 9.18 Å². The molecule has 122 valence electrons. The predicted molar refractivity (Wildman–Crippen MR) is 90.4 cm³/mol. The highest BCUT2D eigenvalue weighted by atomic mass is 35.5. The van der Waals surface area contributed by atoms with Crippen molar-refractivity contribution >= 4 is 34.6 Å². The Labute approximate surface area is 142 Å². The molecule has 0 radical (unpaired) electrons. The summed E-state index contributed by atoms with van der Waals surface area (Å²) in [7, 11) is 0. The number of hydrogen-bond acceptors (Lipinski definition) is 4. The SMILES string of the molecule is CCNC(=O)Nc1ccc2ncc(-c3cccc(Cl)c3F)nc2n1. The van der Waals surface area contributed by atoms with Crippen LogP contribution in [0.2, 0.25) is 5.02 Å². The highest BCUT2D eigenvalue weighted by Gasteiger charge is 2.12. The lowest BCUT2D eigenvalue weighted by Crippen LogP contribution is -2.28. The Morgan fingerprint density at radius 2 is 2.08 bits per heavy atom. The van der Waals surface area contributed by atoms with Crippen molar-refractivity contribution in [2.45, 2.75) is 6.92 Å². The fourth-order valence-corrected chi connectivity index (χ4v) is 2.29. The minimum atomic E-state index is -0.565. The van der Waals surface area contributed by atoms with Crippen molar-refractivity contribution in [1.82, 2.24) is 20.3 Å². The van der Waals surface area contributed by atoms with Crippen molar-refractivity contribution in [3.8, 4) is 11.3 Å². The molecule has 1 aromatic carbocycles. The summed E-state index contributed by atoms with van der Waals surface area (Å²) in [6.45, 7) is 2.31. The van der Waals surface area contributed by atoms with Gasteiger partial charge in [-0.25, -0.2) is 19.2 Å². The van der Waals surface area contributed by atoms with Crippen molar-refractivity contribution in [3.05, 3.63) is 47.4 Å². The summed E-state index contributed by atoms with van der Waals surface area (Å²) in [6.07, 6.45) is 1.45. The molecule has 2 aromatic heterocycles. The number of fused-ring (bicyclic) bond motifs is 1. The van der Waals surface area contributed by atoms with Crippen LogP contribution in [0.15, 0.2) is 36.5 Å². The number of urea groups is 1. The van der Waals surface area contributed by atoms with Gasteiger partial charge in [-0.05, 0) is 31.2 Å². The van der Waals surface area contributed by atoms with E-state index in [1.165, 1.54) is 12.3 Å². The molecule has 8 heteroatoms. The number of anilines is 1. The van der Waals surface area contributed by atoms with Gasteiger partial charge in [0.1, 0.15) is 11.3 Å². The number of aromatic nitrogens is 3. The molecule has 0 spiro atoms. The minimum absolute atomic E-state index is 0.00834. The molecule has 3 aromatic rings. The first-order valence-corrected chi connectivity index (χ1v) is 7.59. The number of nitrogens with one attached hydrogen (secondary N) is 2. The van der Waals surface area contributed by atoms with Gasteiger partial charge in [-0.3, -0.25) is 10.3 Å². The number of benzene rings is 1. The molecule has 0 bridgehead atoms.